The maximum absolute atomic E-state index is 13.6. The number of ether oxygens (including phenoxy) is 2. The molecule has 3 aromatic carbocycles. The van der Waals surface area contributed by atoms with E-state index in [0.29, 0.717) is 18.7 Å². The van der Waals surface area contributed by atoms with Gasteiger partial charge in [-0.25, -0.2) is 0 Å². The van der Waals surface area contributed by atoms with Crippen LogP contribution in [0.5, 0.6) is 5.75 Å². The van der Waals surface area contributed by atoms with E-state index < -0.39 is 17.7 Å². The molecule has 0 radical (unpaired) electrons. The molecular formula is C31H33NO5. The standard InChI is InChI=1S/C31H33NO5/c1-18(2)24-16-25(19(3)15-26(24)36-4)29(33)27-28(23-13-7-10-20-9-5-6-12-22(20)23)32(31(35)30(27)34)17-21-11-8-14-37-21/h5-7,9-10,12-13,15-16,18,21,28,33H,8,11,14,17H2,1-4H3/b29-27+. The zero-order valence-corrected chi connectivity index (χ0v) is 21.8. The molecule has 2 saturated heterocycles. The largest absolute Gasteiger partial charge is 0.507 e. The van der Waals surface area contributed by atoms with Crippen molar-refractivity contribution in [3.8, 4) is 5.75 Å². The molecule has 1 N–H and O–H groups in total. The molecule has 2 unspecified atom stereocenters. The number of rotatable bonds is 6. The monoisotopic (exact) mass is 499 g/mol. The lowest BCUT2D eigenvalue weighted by molar-refractivity contribution is -0.140. The number of methoxy groups -OCH3 is 1. The number of aliphatic hydroxyl groups excluding tert-OH is 1. The number of ketones is 1. The minimum Gasteiger partial charge on any atom is -0.507 e. The van der Waals surface area contributed by atoms with Gasteiger partial charge in [-0.15, -0.1) is 0 Å². The maximum atomic E-state index is 13.6. The summed E-state index contributed by atoms with van der Waals surface area (Å²) in [6.07, 6.45) is 1.63. The number of hydrogen-bond acceptors (Lipinski definition) is 5. The highest BCUT2D eigenvalue weighted by atomic mass is 16.5. The SMILES string of the molecule is COc1cc(C)c(/C(O)=C2\C(=O)C(=O)N(CC3CCCO3)C2c2cccc3ccccc23)cc1C(C)C. The van der Waals surface area contributed by atoms with E-state index in [2.05, 4.69) is 0 Å². The minimum absolute atomic E-state index is 0.113. The van der Waals surface area contributed by atoms with Crippen LogP contribution in [-0.2, 0) is 14.3 Å². The zero-order valence-electron chi connectivity index (χ0n) is 21.8. The molecule has 0 spiro atoms. The lowest BCUT2D eigenvalue weighted by Gasteiger charge is -2.28. The number of Topliss-reactive ketones (excluding diaryl/α,β-unsaturated/α-hetero) is 1. The van der Waals surface area contributed by atoms with Gasteiger partial charge in [0.25, 0.3) is 11.7 Å². The van der Waals surface area contributed by atoms with Gasteiger partial charge in [-0.05, 0) is 65.3 Å². The molecule has 6 heteroatoms. The summed E-state index contributed by atoms with van der Waals surface area (Å²) in [6, 6.07) is 16.8. The number of likely N-dealkylation sites (tertiary alicyclic amines) is 1. The van der Waals surface area contributed by atoms with Gasteiger partial charge < -0.3 is 19.5 Å². The number of hydrogen-bond donors (Lipinski definition) is 1. The first-order chi connectivity index (χ1) is 17.8. The van der Waals surface area contributed by atoms with Gasteiger partial charge in [0, 0.05) is 18.7 Å². The van der Waals surface area contributed by atoms with Gasteiger partial charge in [-0.2, -0.15) is 0 Å². The van der Waals surface area contributed by atoms with Crippen LogP contribution in [0.3, 0.4) is 0 Å². The van der Waals surface area contributed by atoms with E-state index in [1.807, 2.05) is 75.4 Å². The third-order valence-electron chi connectivity index (χ3n) is 7.54. The van der Waals surface area contributed by atoms with Crippen molar-refractivity contribution >= 4 is 28.2 Å². The second kappa shape index (κ2) is 10.0. The van der Waals surface area contributed by atoms with Crippen LogP contribution in [0, 0.1) is 6.92 Å². The normalized spacial score (nSPS) is 21.4. The minimum atomic E-state index is -0.723. The molecule has 37 heavy (non-hydrogen) atoms. The highest BCUT2D eigenvalue weighted by molar-refractivity contribution is 6.46. The Hall–Kier alpha value is -3.64. The number of benzene rings is 3. The van der Waals surface area contributed by atoms with Crippen LogP contribution in [0.1, 0.15) is 60.9 Å². The molecule has 6 nitrogen and oxygen atoms in total. The fraction of sp³-hybridized carbons (Fsp3) is 0.355. The van der Waals surface area contributed by atoms with Crippen molar-refractivity contribution in [3.63, 3.8) is 0 Å². The summed E-state index contributed by atoms with van der Waals surface area (Å²) in [5.74, 6) is -0.570. The molecule has 2 fully saturated rings. The highest BCUT2D eigenvalue weighted by Gasteiger charge is 2.47. The van der Waals surface area contributed by atoms with E-state index in [-0.39, 0.29) is 23.4 Å². The van der Waals surface area contributed by atoms with E-state index in [1.165, 1.54) is 0 Å². The first-order valence-corrected chi connectivity index (χ1v) is 12.9. The van der Waals surface area contributed by atoms with Gasteiger partial charge in [0.15, 0.2) is 0 Å². The Kier molecular flexibility index (Phi) is 6.78. The van der Waals surface area contributed by atoms with E-state index >= 15 is 0 Å². The van der Waals surface area contributed by atoms with E-state index in [1.54, 1.807) is 12.0 Å². The fourth-order valence-corrected chi connectivity index (χ4v) is 5.61. The van der Waals surface area contributed by atoms with Crippen LogP contribution < -0.4 is 4.74 Å². The topological polar surface area (TPSA) is 76.1 Å². The van der Waals surface area contributed by atoms with Crippen molar-refractivity contribution in [1.82, 2.24) is 4.90 Å². The number of aliphatic hydroxyl groups is 1. The number of aryl methyl sites for hydroxylation is 1. The summed E-state index contributed by atoms with van der Waals surface area (Å²) in [5.41, 5.74) is 3.14. The molecule has 2 atom stereocenters. The summed E-state index contributed by atoms with van der Waals surface area (Å²) in [5, 5.41) is 13.7. The van der Waals surface area contributed by atoms with Crippen LogP contribution in [0.25, 0.3) is 16.5 Å². The maximum Gasteiger partial charge on any atom is 0.295 e. The van der Waals surface area contributed by atoms with E-state index in [4.69, 9.17) is 9.47 Å². The molecule has 192 valence electrons. The van der Waals surface area contributed by atoms with Crippen LogP contribution >= 0.6 is 0 Å². The van der Waals surface area contributed by atoms with Crippen molar-refractivity contribution in [2.24, 2.45) is 0 Å². The Labute approximate surface area is 217 Å². The molecule has 2 heterocycles. The first-order valence-electron chi connectivity index (χ1n) is 12.9. The Balaban J connectivity index is 1.74. The van der Waals surface area contributed by atoms with Gasteiger partial charge in [0.05, 0.1) is 24.8 Å². The number of nitrogens with zero attached hydrogens (tertiary/aromatic N) is 1. The van der Waals surface area contributed by atoms with Crippen LogP contribution in [-0.4, -0.2) is 48.1 Å². The lowest BCUT2D eigenvalue weighted by atomic mass is 9.89. The number of carbonyl (C=O) groups excluding carboxylic acids is 2. The van der Waals surface area contributed by atoms with Crippen molar-refractivity contribution in [1.29, 1.82) is 0 Å². The molecule has 0 saturated carbocycles. The second-order valence-electron chi connectivity index (χ2n) is 10.2. The van der Waals surface area contributed by atoms with E-state index in [9.17, 15) is 14.7 Å². The molecule has 2 aliphatic rings. The molecule has 2 aliphatic heterocycles. The Morgan fingerprint density at radius 2 is 1.89 bits per heavy atom. The first kappa shape index (κ1) is 25.0. The van der Waals surface area contributed by atoms with Crippen molar-refractivity contribution in [3.05, 3.63) is 82.4 Å². The summed E-state index contributed by atoms with van der Waals surface area (Å²) in [6.45, 7) is 6.92. The van der Waals surface area contributed by atoms with Crippen LogP contribution in [0.15, 0.2) is 60.2 Å². The summed E-state index contributed by atoms with van der Waals surface area (Å²) in [7, 11) is 1.62. The molecule has 3 aromatic rings. The number of carbonyl (C=O) groups is 2. The van der Waals surface area contributed by atoms with Gasteiger partial charge in [-0.1, -0.05) is 56.3 Å². The third kappa shape index (κ3) is 4.40. The Bertz CT molecular complexity index is 1390. The molecule has 0 aliphatic carbocycles. The van der Waals surface area contributed by atoms with Crippen LogP contribution in [0.4, 0.5) is 0 Å². The summed E-state index contributed by atoms with van der Waals surface area (Å²) >= 11 is 0. The predicted octanol–water partition coefficient (Wildman–Crippen LogP) is 5.88. The van der Waals surface area contributed by atoms with Gasteiger partial charge in [0.1, 0.15) is 11.5 Å². The van der Waals surface area contributed by atoms with E-state index in [0.717, 1.165) is 46.1 Å². The van der Waals surface area contributed by atoms with Crippen molar-refractivity contribution in [2.45, 2.75) is 51.7 Å². The zero-order chi connectivity index (χ0) is 26.3. The average Bonchev–Trinajstić information content (AvgIpc) is 3.50. The molecule has 0 bridgehead atoms. The average molecular weight is 500 g/mol. The number of fused-ring (bicyclic) bond motifs is 1. The van der Waals surface area contributed by atoms with Crippen molar-refractivity contribution < 1.29 is 24.2 Å². The van der Waals surface area contributed by atoms with Crippen LogP contribution in [0.2, 0.25) is 0 Å². The Morgan fingerprint density at radius 1 is 1.14 bits per heavy atom. The fourth-order valence-electron chi connectivity index (χ4n) is 5.61. The van der Waals surface area contributed by atoms with Gasteiger partial charge in [0.2, 0.25) is 0 Å². The second-order valence-corrected chi connectivity index (χ2v) is 10.2. The van der Waals surface area contributed by atoms with Gasteiger partial charge in [-0.3, -0.25) is 9.59 Å². The van der Waals surface area contributed by atoms with Crippen molar-refractivity contribution in [2.75, 3.05) is 20.3 Å². The quantitative estimate of drug-likeness (QED) is 0.260. The number of amides is 1. The third-order valence-corrected chi connectivity index (χ3v) is 7.54. The molecular weight excluding hydrogens is 466 g/mol. The Morgan fingerprint density at radius 3 is 2.59 bits per heavy atom. The highest BCUT2D eigenvalue weighted by Crippen LogP contribution is 2.43. The predicted molar refractivity (Wildman–Crippen MR) is 144 cm³/mol. The molecule has 5 rings (SSSR count). The lowest BCUT2D eigenvalue weighted by Crippen LogP contribution is -2.36. The summed E-state index contributed by atoms with van der Waals surface area (Å²) in [4.78, 5) is 28.7. The van der Waals surface area contributed by atoms with Gasteiger partial charge >= 0.3 is 0 Å². The smallest absolute Gasteiger partial charge is 0.295 e. The molecule has 0 aromatic heterocycles. The molecule has 1 amide bonds. The summed E-state index contributed by atoms with van der Waals surface area (Å²) < 4.78 is 11.4.